The minimum atomic E-state index is 0.282. The third-order valence-electron chi connectivity index (χ3n) is 3.18. The van der Waals surface area contributed by atoms with Crippen molar-refractivity contribution in [2.45, 2.75) is 26.7 Å². The van der Waals surface area contributed by atoms with E-state index in [1.165, 1.54) is 21.4 Å². The van der Waals surface area contributed by atoms with Crippen molar-refractivity contribution in [1.82, 2.24) is 9.66 Å². The topological polar surface area (TPSA) is 43.8 Å². The third kappa shape index (κ3) is 1.81. The summed E-state index contributed by atoms with van der Waals surface area (Å²) in [5.41, 5.74) is 4.98. The number of rotatable bonds is 2. The molecule has 0 amide bonds. The van der Waals surface area contributed by atoms with Crippen molar-refractivity contribution in [3.63, 3.8) is 0 Å². The van der Waals surface area contributed by atoms with E-state index in [4.69, 9.17) is 5.84 Å². The first kappa shape index (κ1) is 10.7. The summed E-state index contributed by atoms with van der Waals surface area (Å²) < 4.78 is 1.50. The van der Waals surface area contributed by atoms with E-state index in [2.05, 4.69) is 44.0 Å². The van der Waals surface area contributed by atoms with Crippen LogP contribution in [0.15, 0.2) is 30.7 Å². The SMILES string of the molecule is Cc1cccc(C(C)c2cn(N)cn2)c1C. The molecule has 16 heavy (non-hydrogen) atoms. The highest BCUT2D eigenvalue weighted by Gasteiger charge is 2.13. The highest BCUT2D eigenvalue weighted by Crippen LogP contribution is 2.26. The van der Waals surface area contributed by atoms with Crippen LogP contribution in [0.2, 0.25) is 0 Å². The monoisotopic (exact) mass is 215 g/mol. The zero-order valence-corrected chi connectivity index (χ0v) is 9.94. The van der Waals surface area contributed by atoms with Gasteiger partial charge in [0.2, 0.25) is 0 Å². The van der Waals surface area contributed by atoms with Crippen LogP contribution in [-0.2, 0) is 0 Å². The van der Waals surface area contributed by atoms with E-state index in [0.717, 1.165) is 5.69 Å². The van der Waals surface area contributed by atoms with Gasteiger partial charge < -0.3 is 5.84 Å². The number of nitrogen functional groups attached to an aromatic ring is 1. The maximum Gasteiger partial charge on any atom is 0.114 e. The van der Waals surface area contributed by atoms with E-state index in [1.54, 1.807) is 6.33 Å². The Hall–Kier alpha value is -1.77. The van der Waals surface area contributed by atoms with Gasteiger partial charge in [-0.15, -0.1) is 0 Å². The van der Waals surface area contributed by atoms with Gasteiger partial charge in [-0.05, 0) is 30.5 Å². The summed E-state index contributed by atoms with van der Waals surface area (Å²) in [6, 6.07) is 6.38. The van der Waals surface area contributed by atoms with Gasteiger partial charge in [0.25, 0.3) is 0 Å². The average molecular weight is 215 g/mol. The second-order valence-corrected chi connectivity index (χ2v) is 4.26. The van der Waals surface area contributed by atoms with Crippen LogP contribution in [-0.4, -0.2) is 9.66 Å². The molecule has 3 heteroatoms. The van der Waals surface area contributed by atoms with Crippen LogP contribution in [0.1, 0.15) is 35.2 Å². The van der Waals surface area contributed by atoms with Gasteiger partial charge in [-0.1, -0.05) is 25.1 Å². The molecule has 2 N–H and O–H groups in total. The zero-order chi connectivity index (χ0) is 11.7. The Morgan fingerprint density at radius 2 is 2.06 bits per heavy atom. The van der Waals surface area contributed by atoms with Crippen LogP contribution in [0.5, 0.6) is 0 Å². The molecule has 0 aliphatic rings. The number of benzene rings is 1. The van der Waals surface area contributed by atoms with Crippen LogP contribution in [0.25, 0.3) is 0 Å². The lowest BCUT2D eigenvalue weighted by Crippen LogP contribution is -2.04. The summed E-state index contributed by atoms with van der Waals surface area (Å²) in [7, 11) is 0. The Balaban J connectivity index is 2.41. The Morgan fingerprint density at radius 3 is 2.69 bits per heavy atom. The van der Waals surface area contributed by atoms with Crippen LogP contribution < -0.4 is 5.84 Å². The Morgan fingerprint density at radius 1 is 1.31 bits per heavy atom. The molecule has 1 unspecified atom stereocenters. The van der Waals surface area contributed by atoms with Gasteiger partial charge in [0.1, 0.15) is 6.33 Å². The van der Waals surface area contributed by atoms with Gasteiger partial charge in [0.05, 0.1) is 5.69 Å². The van der Waals surface area contributed by atoms with Crippen LogP contribution in [0.3, 0.4) is 0 Å². The maximum absolute atomic E-state index is 5.62. The molecular formula is C13H17N3. The number of hydrogen-bond acceptors (Lipinski definition) is 2. The third-order valence-corrected chi connectivity index (χ3v) is 3.18. The summed E-state index contributed by atoms with van der Waals surface area (Å²) in [5.74, 6) is 5.90. The molecule has 0 saturated carbocycles. The summed E-state index contributed by atoms with van der Waals surface area (Å²) in [6.45, 7) is 6.44. The molecular weight excluding hydrogens is 198 g/mol. The fraction of sp³-hybridized carbons (Fsp3) is 0.308. The molecule has 0 aliphatic carbocycles. The summed E-state index contributed by atoms with van der Waals surface area (Å²) in [4.78, 5) is 4.30. The van der Waals surface area contributed by atoms with Gasteiger partial charge >= 0.3 is 0 Å². The fourth-order valence-corrected chi connectivity index (χ4v) is 1.98. The minimum Gasteiger partial charge on any atom is -0.338 e. The fourth-order valence-electron chi connectivity index (χ4n) is 1.98. The van der Waals surface area contributed by atoms with E-state index in [1.807, 2.05) is 6.20 Å². The number of imidazole rings is 1. The highest BCUT2D eigenvalue weighted by atomic mass is 15.3. The van der Waals surface area contributed by atoms with Gasteiger partial charge in [-0.25, -0.2) is 4.98 Å². The predicted molar refractivity (Wildman–Crippen MR) is 65.8 cm³/mol. The van der Waals surface area contributed by atoms with Gasteiger partial charge in [-0.2, -0.15) is 0 Å². The molecule has 84 valence electrons. The first-order chi connectivity index (χ1) is 7.59. The molecule has 3 nitrogen and oxygen atoms in total. The molecule has 1 aromatic heterocycles. The van der Waals surface area contributed by atoms with Crippen molar-refractivity contribution in [2.75, 3.05) is 5.84 Å². The maximum atomic E-state index is 5.62. The lowest BCUT2D eigenvalue weighted by atomic mass is 9.92. The predicted octanol–water partition coefficient (Wildman–Crippen LogP) is 2.37. The molecule has 1 heterocycles. The number of nitrogens with zero attached hydrogens (tertiary/aromatic N) is 2. The first-order valence-electron chi connectivity index (χ1n) is 5.44. The second-order valence-electron chi connectivity index (χ2n) is 4.26. The summed E-state index contributed by atoms with van der Waals surface area (Å²) >= 11 is 0. The summed E-state index contributed by atoms with van der Waals surface area (Å²) in [5, 5.41) is 0. The zero-order valence-electron chi connectivity index (χ0n) is 9.94. The first-order valence-corrected chi connectivity index (χ1v) is 5.44. The largest absolute Gasteiger partial charge is 0.338 e. The number of aromatic nitrogens is 2. The molecule has 0 fully saturated rings. The van der Waals surface area contributed by atoms with E-state index < -0.39 is 0 Å². The van der Waals surface area contributed by atoms with Crippen molar-refractivity contribution >= 4 is 0 Å². The minimum absolute atomic E-state index is 0.282. The molecule has 0 bridgehead atoms. The smallest absolute Gasteiger partial charge is 0.114 e. The van der Waals surface area contributed by atoms with Gasteiger partial charge in [-0.3, -0.25) is 4.68 Å². The molecule has 0 spiro atoms. The van der Waals surface area contributed by atoms with Crippen LogP contribution in [0.4, 0.5) is 0 Å². The second kappa shape index (κ2) is 4.00. The van der Waals surface area contributed by atoms with E-state index in [-0.39, 0.29) is 5.92 Å². The number of aryl methyl sites for hydroxylation is 1. The van der Waals surface area contributed by atoms with Crippen LogP contribution >= 0.6 is 0 Å². The average Bonchev–Trinajstić information content (AvgIpc) is 2.68. The van der Waals surface area contributed by atoms with E-state index in [9.17, 15) is 0 Å². The quantitative estimate of drug-likeness (QED) is 0.781. The van der Waals surface area contributed by atoms with Gasteiger partial charge in [0, 0.05) is 12.1 Å². The normalized spacial score (nSPS) is 12.7. The molecule has 1 atom stereocenters. The Bertz CT molecular complexity index is 500. The Labute approximate surface area is 95.9 Å². The standard InChI is InChI=1S/C13H17N3/c1-9-5-4-6-12(10(9)2)11(3)13-7-16(14)8-15-13/h4-8,11H,14H2,1-3H3. The molecule has 0 radical (unpaired) electrons. The van der Waals surface area contributed by atoms with E-state index in [0.29, 0.717) is 0 Å². The summed E-state index contributed by atoms with van der Waals surface area (Å²) in [6.07, 6.45) is 3.50. The molecule has 0 aliphatic heterocycles. The van der Waals surface area contributed by atoms with Gasteiger partial charge in [0.15, 0.2) is 0 Å². The lowest BCUT2D eigenvalue weighted by molar-refractivity contribution is 0.869. The van der Waals surface area contributed by atoms with Crippen molar-refractivity contribution in [3.05, 3.63) is 53.1 Å². The van der Waals surface area contributed by atoms with Crippen LogP contribution in [0, 0.1) is 13.8 Å². The Kier molecular flexibility index (Phi) is 2.69. The van der Waals surface area contributed by atoms with Crippen molar-refractivity contribution in [1.29, 1.82) is 0 Å². The highest BCUT2D eigenvalue weighted by molar-refractivity contribution is 5.38. The van der Waals surface area contributed by atoms with Crippen molar-refractivity contribution < 1.29 is 0 Å². The van der Waals surface area contributed by atoms with Crippen molar-refractivity contribution in [2.24, 2.45) is 0 Å². The lowest BCUT2D eigenvalue weighted by Gasteiger charge is -2.14. The molecule has 2 rings (SSSR count). The molecule has 2 aromatic rings. The number of nitrogens with two attached hydrogens (primary N) is 1. The number of hydrogen-bond donors (Lipinski definition) is 1. The van der Waals surface area contributed by atoms with E-state index >= 15 is 0 Å². The van der Waals surface area contributed by atoms with Crippen molar-refractivity contribution in [3.8, 4) is 0 Å². The molecule has 1 aromatic carbocycles. The molecule has 0 saturated heterocycles.